The lowest BCUT2D eigenvalue weighted by Crippen LogP contribution is -2.29. The minimum absolute atomic E-state index is 0.149. The van der Waals surface area contributed by atoms with E-state index in [1.54, 1.807) is 24.3 Å². The van der Waals surface area contributed by atoms with E-state index in [0.29, 0.717) is 17.2 Å². The van der Waals surface area contributed by atoms with Crippen LogP contribution in [0, 0.1) is 0 Å². The maximum atomic E-state index is 13.1. The molecule has 1 fully saturated rings. The molecule has 1 aliphatic rings. The number of ketones is 1. The average Bonchev–Trinajstić information content (AvgIpc) is 3.49. The van der Waals surface area contributed by atoms with E-state index in [1.807, 2.05) is 0 Å². The topological polar surface area (TPSA) is 116 Å². The van der Waals surface area contributed by atoms with Gasteiger partial charge in [-0.2, -0.15) is 0 Å². The van der Waals surface area contributed by atoms with Crippen LogP contribution in [0.4, 0.5) is 5.69 Å². The number of furan rings is 1. The molecule has 1 unspecified atom stereocenters. The first kappa shape index (κ1) is 22.7. The van der Waals surface area contributed by atoms with E-state index in [9.17, 15) is 19.5 Å². The van der Waals surface area contributed by atoms with Gasteiger partial charge in [0.25, 0.3) is 11.7 Å². The summed E-state index contributed by atoms with van der Waals surface area (Å²) in [6.07, 6.45) is 1.41. The van der Waals surface area contributed by atoms with Crippen molar-refractivity contribution in [1.29, 1.82) is 0 Å². The number of esters is 1. The molecule has 0 spiro atoms. The van der Waals surface area contributed by atoms with Crippen LogP contribution in [0.2, 0.25) is 0 Å². The third-order valence-electron chi connectivity index (χ3n) is 5.48. The molecule has 1 amide bonds. The monoisotopic (exact) mass is 463 g/mol. The molecule has 2 aromatic carbocycles. The van der Waals surface area contributed by atoms with Crippen molar-refractivity contribution in [2.75, 3.05) is 26.2 Å². The Hall–Kier alpha value is -4.53. The van der Waals surface area contributed by atoms with Gasteiger partial charge < -0.3 is 23.7 Å². The van der Waals surface area contributed by atoms with Crippen molar-refractivity contribution >= 4 is 29.1 Å². The predicted octanol–water partition coefficient (Wildman–Crippen LogP) is 3.71. The largest absolute Gasteiger partial charge is 0.507 e. The zero-order chi connectivity index (χ0) is 24.4. The van der Waals surface area contributed by atoms with Crippen LogP contribution < -0.4 is 14.4 Å². The molecule has 174 valence electrons. The number of methoxy groups -OCH3 is 3. The van der Waals surface area contributed by atoms with E-state index in [1.165, 1.54) is 62.8 Å². The number of amides is 1. The molecule has 9 heteroatoms. The van der Waals surface area contributed by atoms with Crippen LogP contribution >= 0.6 is 0 Å². The number of ether oxygens (including phenoxy) is 3. The van der Waals surface area contributed by atoms with Gasteiger partial charge in [0.2, 0.25) is 0 Å². The number of rotatable bonds is 6. The fraction of sp³-hybridized carbons (Fsp3) is 0.160. The highest BCUT2D eigenvalue weighted by molar-refractivity contribution is 6.51. The molecule has 0 radical (unpaired) electrons. The van der Waals surface area contributed by atoms with E-state index in [4.69, 9.17) is 18.6 Å². The lowest BCUT2D eigenvalue weighted by molar-refractivity contribution is -0.132. The average molecular weight is 463 g/mol. The van der Waals surface area contributed by atoms with Gasteiger partial charge in [0.1, 0.15) is 17.6 Å². The summed E-state index contributed by atoms with van der Waals surface area (Å²) >= 11 is 0. The molecule has 0 bridgehead atoms. The lowest BCUT2D eigenvalue weighted by Gasteiger charge is -2.23. The number of aliphatic hydroxyl groups excluding tert-OH is 1. The molecule has 0 saturated carbocycles. The maximum Gasteiger partial charge on any atom is 0.337 e. The Morgan fingerprint density at radius 3 is 2.21 bits per heavy atom. The fourth-order valence-electron chi connectivity index (χ4n) is 3.83. The van der Waals surface area contributed by atoms with E-state index in [0.717, 1.165) is 0 Å². The Kier molecular flexibility index (Phi) is 6.09. The van der Waals surface area contributed by atoms with Crippen molar-refractivity contribution in [2.45, 2.75) is 6.04 Å². The van der Waals surface area contributed by atoms with Gasteiger partial charge in [0, 0.05) is 11.3 Å². The second-order valence-corrected chi connectivity index (χ2v) is 7.29. The molecule has 1 atom stereocenters. The summed E-state index contributed by atoms with van der Waals surface area (Å²) in [5.74, 6) is -1.61. The SMILES string of the molecule is COC(=O)c1ccc(N2C(=O)C(=O)/C(=C(\O)c3ccc(OC)c(OC)c3)C2c2ccco2)cc1. The van der Waals surface area contributed by atoms with Crippen LogP contribution in [0.3, 0.4) is 0 Å². The van der Waals surface area contributed by atoms with Crippen LogP contribution in [-0.4, -0.2) is 44.1 Å². The third kappa shape index (κ3) is 3.77. The Bertz CT molecular complexity index is 1270. The zero-order valence-electron chi connectivity index (χ0n) is 18.6. The zero-order valence-corrected chi connectivity index (χ0v) is 18.6. The number of hydrogen-bond donors (Lipinski definition) is 1. The van der Waals surface area contributed by atoms with E-state index >= 15 is 0 Å². The van der Waals surface area contributed by atoms with Gasteiger partial charge in [-0.25, -0.2) is 4.79 Å². The third-order valence-corrected chi connectivity index (χ3v) is 5.48. The molecule has 1 saturated heterocycles. The van der Waals surface area contributed by atoms with Crippen molar-refractivity contribution < 1.29 is 38.1 Å². The van der Waals surface area contributed by atoms with E-state index in [-0.39, 0.29) is 22.5 Å². The summed E-state index contributed by atoms with van der Waals surface area (Å²) in [7, 11) is 4.19. The van der Waals surface area contributed by atoms with Gasteiger partial charge in [-0.15, -0.1) is 0 Å². The first-order valence-electron chi connectivity index (χ1n) is 10.2. The normalized spacial score (nSPS) is 17.0. The smallest absolute Gasteiger partial charge is 0.337 e. The van der Waals surface area contributed by atoms with Gasteiger partial charge in [0.15, 0.2) is 11.5 Å². The number of benzene rings is 2. The molecule has 2 heterocycles. The molecule has 1 N–H and O–H groups in total. The van der Waals surface area contributed by atoms with Crippen LogP contribution in [0.15, 0.2) is 70.9 Å². The predicted molar refractivity (Wildman–Crippen MR) is 121 cm³/mol. The first-order chi connectivity index (χ1) is 16.4. The lowest BCUT2D eigenvalue weighted by atomic mass is 9.99. The molecule has 1 aromatic heterocycles. The van der Waals surface area contributed by atoms with Crippen molar-refractivity contribution in [2.24, 2.45) is 0 Å². The number of nitrogens with zero attached hydrogens (tertiary/aromatic N) is 1. The number of hydrogen-bond acceptors (Lipinski definition) is 8. The number of Topliss-reactive ketones (excluding diaryl/α,β-unsaturated/α-hetero) is 1. The van der Waals surface area contributed by atoms with Crippen LogP contribution in [0.25, 0.3) is 5.76 Å². The molecule has 9 nitrogen and oxygen atoms in total. The molecule has 0 aliphatic carbocycles. The van der Waals surface area contributed by atoms with E-state index in [2.05, 4.69) is 0 Å². The van der Waals surface area contributed by atoms with Crippen LogP contribution in [0.5, 0.6) is 11.5 Å². The minimum Gasteiger partial charge on any atom is -0.507 e. The van der Waals surface area contributed by atoms with Gasteiger partial charge >= 0.3 is 5.97 Å². The quantitative estimate of drug-likeness (QED) is 0.255. The summed E-state index contributed by atoms with van der Waals surface area (Å²) < 4.78 is 20.8. The highest BCUT2D eigenvalue weighted by atomic mass is 16.5. The summed E-state index contributed by atoms with van der Waals surface area (Å²) in [5.41, 5.74) is 0.725. The molecule has 34 heavy (non-hydrogen) atoms. The fourth-order valence-corrected chi connectivity index (χ4v) is 3.83. The number of carbonyl (C=O) groups is 3. The van der Waals surface area contributed by atoms with Gasteiger partial charge in [0.05, 0.1) is 38.7 Å². The van der Waals surface area contributed by atoms with Crippen molar-refractivity contribution in [3.05, 3.63) is 83.3 Å². The Morgan fingerprint density at radius 2 is 1.62 bits per heavy atom. The minimum atomic E-state index is -1.04. The first-order valence-corrected chi connectivity index (χ1v) is 10.2. The molecular weight excluding hydrogens is 442 g/mol. The summed E-state index contributed by atoms with van der Waals surface area (Å²) in [6, 6.07) is 12.8. The highest BCUT2D eigenvalue weighted by Gasteiger charge is 2.48. The Labute approximate surface area is 194 Å². The summed E-state index contributed by atoms with van der Waals surface area (Å²) in [6.45, 7) is 0. The number of carbonyl (C=O) groups excluding carboxylic acids is 3. The van der Waals surface area contributed by atoms with Crippen molar-refractivity contribution in [3.8, 4) is 11.5 Å². The standard InChI is InChI=1S/C25H21NO8/c1-31-17-11-8-15(13-19(17)32-2)22(27)20-21(18-5-4-12-34-18)26(24(29)23(20)28)16-9-6-14(7-10-16)25(30)33-3/h4-13,21,27H,1-3H3/b22-20-. The Morgan fingerprint density at radius 1 is 0.941 bits per heavy atom. The van der Waals surface area contributed by atoms with Gasteiger partial charge in [-0.05, 0) is 54.6 Å². The van der Waals surface area contributed by atoms with Crippen LogP contribution in [-0.2, 0) is 14.3 Å². The summed E-state index contributed by atoms with van der Waals surface area (Å²) in [4.78, 5) is 39.2. The highest BCUT2D eigenvalue weighted by Crippen LogP contribution is 2.43. The second-order valence-electron chi connectivity index (χ2n) is 7.29. The number of aliphatic hydroxyl groups is 1. The Balaban J connectivity index is 1.86. The van der Waals surface area contributed by atoms with Gasteiger partial charge in [-0.1, -0.05) is 0 Å². The summed E-state index contributed by atoms with van der Waals surface area (Å²) in [5, 5.41) is 11.2. The van der Waals surface area contributed by atoms with Crippen molar-refractivity contribution in [3.63, 3.8) is 0 Å². The molecule has 4 rings (SSSR count). The van der Waals surface area contributed by atoms with E-state index < -0.39 is 29.5 Å². The molecule has 1 aliphatic heterocycles. The van der Waals surface area contributed by atoms with Gasteiger partial charge in [-0.3, -0.25) is 14.5 Å². The molecular formula is C25H21NO8. The van der Waals surface area contributed by atoms with Crippen molar-refractivity contribution in [1.82, 2.24) is 0 Å². The molecule has 3 aromatic rings. The second kappa shape index (κ2) is 9.14. The maximum absolute atomic E-state index is 13.1. The number of anilines is 1. The van der Waals surface area contributed by atoms with Crippen LogP contribution in [0.1, 0.15) is 27.7 Å².